The van der Waals surface area contributed by atoms with Gasteiger partial charge in [0, 0.05) is 16.0 Å². The molecule has 0 N–H and O–H groups in total. The highest BCUT2D eigenvalue weighted by Gasteiger charge is 2.24. The van der Waals surface area contributed by atoms with E-state index in [1.807, 2.05) is 60.7 Å². The molecule has 0 saturated heterocycles. The molecule has 0 fully saturated rings. The van der Waals surface area contributed by atoms with Crippen LogP contribution in [0.15, 0.2) is 59.5 Å². The minimum Gasteiger partial charge on any atom is -0.281 e. The van der Waals surface area contributed by atoms with Crippen LogP contribution < -0.4 is 0 Å². The van der Waals surface area contributed by atoms with E-state index >= 15 is 0 Å². The summed E-state index contributed by atoms with van der Waals surface area (Å²) < 4.78 is 0. The average Bonchev–Trinajstić information content (AvgIpc) is 2.68. The van der Waals surface area contributed by atoms with Crippen molar-refractivity contribution < 1.29 is 4.79 Å². The van der Waals surface area contributed by atoms with Gasteiger partial charge in [-0.2, -0.15) is 0 Å². The van der Waals surface area contributed by atoms with Gasteiger partial charge in [-0.25, -0.2) is 0 Å². The lowest BCUT2D eigenvalue weighted by Gasteiger charge is -1.98. The predicted octanol–water partition coefficient (Wildman–Crippen LogP) is 3.86. The van der Waals surface area contributed by atoms with E-state index in [0.29, 0.717) is 0 Å². The number of carbonyl (C=O) groups is 1. The largest absolute Gasteiger partial charge is 0.281 e. The number of rotatable bonds is 1. The Morgan fingerprint density at radius 2 is 1.59 bits per heavy atom. The van der Waals surface area contributed by atoms with E-state index in [-0.39, 0.29) is 5.12 Å². The maximum absolute atomic E-state index is 11.9. The van der Waals surface area contributed by atoms with Gasteiger partial charge in [0.25, 0.3) is 0 Å². The molecule has 0 radical (unpaired) electrons. The predicted molar refractivity (Wildman–Crippen MR) is 71.6 cm³/mol. The Labute approximate surface area is 104 Å². The molecule has 2 aromatic carbocycles. The summed E-state index contributed by atoms with van der Waals surface area (Å²) in [4.78, 5) is 13.0. The summed E-state index contributed by atoms with van der Waals surface area (Å²) in [5, 5.41) is 0.134. The van der Waals surface area contributed by atoms with Gasteiger partial charge in [-0.1, -0.05) is 48.5 Å². The van der Waals surface area contributed by atoms with Gasteiger partial charge in [-0.15, -0.1) is 0 Å². The fraction of sp³-hybridized carbons (Fsp3) is 0. The third-order valence-corrected chi connectivity index (χ3v) is 3.69. The molecule has 0 unspecified atom stereocenters. The first-order valence-corrected chi connectivity index (χ1v) is 6.24. The van der Waals surface area contributed by atoms with Gasteiger partial charge >= 0.3 is 0 Å². The summed E-state index contributed by atoms with van der Waals surface area (Å²) in [6, 6.07) is 17.9. The summed E-state index contributed by atoms with van der Waals surface area (Å²) in [5.74, 6) is 0. The van der Waals surface area contributed by atoms with Crippen LogP contribution in [0.25, 0.3) is 11.6 Å². The molecular formula is C15H10OS. The summed E-state index contributed by atoms with van der Waals surface area (Å²) in [5.41, 5.74) is 2.91. The Balaban J connectivity index is 2.10. The van der Waals surface area contributed by atoms with E-state index in [2.05, 4.69) is 0 Å². The van der Waals surface area contributed by atoms with Crippen LogP contribution in [-0.4, -0.2) is 5.12 Å². The zero-order valence-corrected chi connectivity index (χ0v) is 9.91. The van der Waals surface area contributed by atoms with Crippen LogP contribution in [0.1, 0.15) is 11.1 Å². The zero-order valence-electron chi connectivity index (χ0n) is 9.09. The van der Waals surface area contributed by atoms with Gasteiger partial charge in [0.05, 0.1) is 0 Å². The highest BCUT2D eigenvalue weighted by Crippen LogP contribution is 2.40. The highest BCUT2D eigenvalue weighted by molar-refractivity contribution is 8.15. The number of hydrogen-bond acceptors (Lipinski definition) is 2. The molecule has 0 aromatic heterocycles. The standard InChI is InChI=1S/C15H10OS/c16-15-13(10-11-6-2-1-3-7-11)12-8-4-5-9-14(12)17-15/h1-10H/b13-10+. The Hall–Kier alpha value is -1.80. The van der Waals surface area contributed by atoms with Crippen molar-refractivity contribution in [1.29, 1.82) is 0 Å². The van der Waals surface area contributed by atoms with Crippen LogP contribution in [0.2, 0.25) is 0 Å². The van der Waals surface area contributed by atoms with Crippen molar-refractivity contribution in [2.24, 2.45) is 0 Å². The summed E-state index contributed by atoms with van der Waals surface area (Å²) >= 11 is 1.31. The van der Waals surface area contributed by atoms with Crippen molar-refractivity contribution in [3.8, 4) is 0 Å². The minimum absolute atomic E-state index is 0.134. The Morgan fingerprint density at radius 3 is 2.41 bits per heavy atom. The molecule has 3 rings (SSSR count). The van der Waals surface area contributed by atoms with Gasteiger partial charge in [-0.05, 0) is 29.5 Å². The SMILES string of the molecule is O=C1Sc2ccccc2/C1=C\c1ccccc1. The topological polar surface area (TPSA) is 17.1 Å². The van der Waals surface area contributed by atoms with E-state index in [1.165, 1.54) is 11.8 Å². The Kier molecular flexibility index (Phi) is 2.57. The first-order chi connectivity index (χ1) is 8.34. The minimum atomic E-state index is 0.134. The second-order valence-corrected chi connectivity index (χ2v) is 4.87. The molecule has 2 aromatic rings. The summed E-state index contributed by atoms with van der Waals surface area (Å²) in [6.07, 6.45) is 1.96. The van der Waals surface area contributed by atoms with Crippen molar-refractivity contribution in [3.05, 3.63) is 65.7 Å². The highest BCUT2D eigenvalue weighted by atomic mass is 32.2. The average molecular weight is 238 g/mol. The molecule has 0 aliphatic carbocycles. The van der Waals surface area contributed by atoms with Crippen molar-refractivity contribution in [2.45, 2.75) is 4.90 Å². The third kappa shape index (κ3) is 1.92. The van der Waals surface area contributed by atoms with Crippen LogP contribution in [0, 0.1) is 0 Å². The van der Waals surface area contributed by atoms with Gasteiger partial charge in [0.1, 0.15) is 0 Å². The van der Waals surface area contributed by atoms with Crippen LogP contribution in [0.3, 0.4) is 0 Å². The molecule has 1 aliphatic heterocycles. The van der Waals surface area contributed by atoms with Crippen LogP contribution in [-0.2, 0) is 4.79 Å². The molecule has 1 aliphatic rings. The van der Waals surface area contributed by atoms with Crippen molar-refractivity contribution >= 4 is 28.5 Å². The van der Waals surface area contributed by atoms with E-state index in [4.69, 9.17) is 0 Å². The molecule has 2 heteroatoms. The van der Waals surface area contributed by atoms with E-state index < -0.39 is 0 Å². The first-order valence-electron chi connectivity index (χ1n) is 5.43. The lowest BCUT2D eigenvalue weighted by Crippen LogP contribution is -1.87. The molecule has 0 saturated carbocycles. The zero-order chi connectivity index (χ0) is 11.7. The first kappa shape index (κ1) is 10.4. The summed E-state index contributed by atoms with van der Waals surface area (Å²) in [6.45, 7) is 0. The Bertz CT molecular complexity index is 599. The van der Waals surface area contributed by atoms with Crippen molar-refractivity contribution in [1.82, 2.24) is 0 Å². The molecular weight excluding hydrogens is 228 g/mol. The number of hydrogen-bond donors (Lipinski definition) is 0. The number of carbonyl (C=O) groups excluding carboxylic acids is 1. The van der Waals surface area contributed by atoms with Gasteiger partial charge < -0.3 is 0 Å². The molecule has 1 nitrogen and oxygen atoms in total. The number of fused-ring (bicyclic) bond motifs is 1. The number of benzene rings is 2. The Morgan fingerprint density at radius 1 is 0.882 bits per heavy atom. The second-order valence-electron chi connectivity index (χ2n) is 3.85. The van der Waals surface area contributed by atoms with E-state index in [1.54, 1.807) is 0 Å². The molecule has 0 amide bonds. The monoisotopic (exact) mass is 238 g/mol. The smallest absolute Gasteiger partial charge is 0.224 e. The summed E-state index contributed by atoms with van der Waals surface area (Å²) in [7, 11) is 0. The van der Waals surface area contributed by atoms with Gasteiger partial charge in [0.15, 0.2) is 0 Å². The lowest BCUT2D eigenvalue weighted by atomic mass is 10.0. The molecule has 82 valence electrons. The van der Waals surface area contributed by atoms with Crippen LogP contribution in [0.4, 0.5) is 0 Å². The van der Waals surface area contributed by atoms with Crippen molar-refractivity contribution in [2.75, 3.05) is 0 Å². The second kappa shape index (κ2) is 4.22. The van der Waals surface area contributed by atoms with Crippen LogP contribution in [0.5, 0.6) is 0 Å². The van der Waals surface area contributed by atoms with Gasteiger partial charge in [-0.3, -0.25) is 4.79 Å². The van der Waals surface area contributed by atoms with Crippen LogP contribution >= 0.6 is 11.8 Å². The third-order valence-electron chi connectivity index (χ3n) is 2.71. The molecule has 17 heavy (non-hydrogen) atoms. The molecule has 0 bridgehead atoms. The normalized spacial score (nSPS) is 16.2. The lowest BCUT2D eigenvalue weighted by molar-refractivity contribution is -0.106. The fourth-order valence-corrected chi connectivity index (χ4v) is 2.81. The maximum Gasteiger partial charge on any atom is 0.224 e. The quantitative estimate of drug-likeness (QED) is 0.702. The van der Waals surface area contributed by atoms with E-state index in [0.717, 1.165) is 21.6 Å². The molecule has 1 heterocycles. The molecule has 0 atom stereocenters. The number of thioether (sulfide) groups is 1. The van der Waals surface area contributed by atoms with Crippen molar-refractivity contribution in [3.63, 3.8) is 0 Å². The maximum atomic E-state index is 11.9. The fourth-order valence-electron chi connectivity index (χ4n) is 1.90. The molecule has 0 spiro atoms. The van der Waals surface area contributed by atoms with Gasteiger partial charge in [0.2, 0.25) is 5.12 Å². The van der Waals surface area contributed by atoms with E-state index in [9.17, 15) is 4.79 Å².